The smallest absolute Gasteiger partial charge is 0.257 e. The monoisotopic (exact) mass is 422 g/mol. The zero-order valence-electron chi connectivity index (χ0n) is 17.4. The first-order chi connectivity index (χ1) is 14.5. The number of carbonyl (C=O) groups is 1. The molecule has 1 N–H and O–H groups in total. The highest BCUT2D eigenvalue weighted by molar-refractivity contribution is 6.31. The molecule has 0 radical (unpaired) electrons. The van der Waals surface area contributed by atoms with Crippen molar-refractivity contribution in [3.8, 4) is 16.9 Å². The van der Waals surface area contributed by atoms with E-state index in [2.05, 4.69) is 28.4 Å². The van der Waals surface area contributed by atoms with Crippen LogP contribution in [0.15, 0.2) is 72.8 Å². The average molecular weight is 423 g/mol. The van der Waals surface area contributed by atoms with E-state index in [9.17, 15) is 4.79 Å². The molecule has 156 valence electrons. The standard InChI is InChI=1S/C25H27ClN2O2/c1-28(2)17-22-16-21(19-8-4-3-5-9-19)12-13-24(22)30-18-25(29)27-15-14-20-10-6-7-11-23(20)26/h3-13,16H,14-15,17-18H2,1-2H3,(H,27,29). The maximum Gasteiger partial charge on any atom is 0.257 e. The fourth-order valence-corrected chi connectivity index (χ4v) is 3.46. The summed E-state index contributed by atoms with van der Waals surface area (Å²) in [5.74, 6) is 0.578. The summed E-state index contributed by atoms with van der Waals surface area (Å²) >= 11 is 6.16. The Bertz CT molecular complexity index is 974. The summed E-state index contributed by atoms with van der Waals surface area (Å²) in [6, 6.07) is 24.0. The molecule has 3 rings (SSSR count). The lowest BCUT2D eigenvalue weighted by atomic mass is 10.0. The van der Waals surface area contributed by atoms with Gasteiger partial charge in [0.05, 0.1) is 0 Å². The van der Waals surface area contributed by atoms with Crippen molar-refractivity contribution in [2.24, 2.45) is 0 Å². The molecule has 0 spiro atoms. The van der Waals surface area contributed by atoms with Gasteiger partial charge >= 0.3 is 0 Å². The van der Waals surface area contributed by atoms with Gasteiger partial charge in [0.1, 0.15) is 5.75 Å². The lowest BCUT2D eigenvalue weighted by Crippen LogP contribution is -2.30. The van der Waals surface area contributed by atoms with Gasteiger partial charge in [-0.25, -0.2) is 0 Å². The Morgan fingerprint density at radius 1 is 0.933 bits per heavy atom. The van der Waals surface area contributed by atoms with E-state index in [-0.39, 0.29) is 12.5 Å². The Labute approximate surface area is 183 Å². The number of amides is 1. The van der Waals surface area contributed by atoms with Crippen LogP contribution in [-0.2, 0) is 17.8 Å². The first-order valence-corrected chi connectivity index (χ1v) is 10.4. The number of carbonyl (C=O) groups excluding carboxylic acids is 1. The van der Waals surface area contributed by atoms with Crippen LogP contribution in [-0.4, -0.2) is 38.1 Å². The van der Waals surface area contributed by atoms with Crippen LogP contribution in [0.4, 0.5) is 0 Å². The number of halogens is 1. The number of benzene rings is 3. The molecule has 0 aromatic heterocycles. The van der Waals surface area contributed by atoms with Crippen LogP contribution in [0, 0.1) is 0 Å². The van der Waals surface area contributed by atoms with Crippen LogP contribution >= 0.6 is 11.6 Å². The van der Waals surface area contributed by atoms with Crippen LogP contribution in [0.2, 0.25) is 5.02 Å². The van der Waals surface area contributed by atoms with Crippen LogP contribution in [0.5, 0.6) is 5.75 Å². The normalized spacial score (nSPS) is 10.8. The maximum absolute atomic E-state index is 12.2. The second kappa shape index (κ2) is 10.8. The molecule has 0 saturated heterocycles. The molecule has 0 bridgehead atoms. The number of hydrogen-bond donors (Lipinski definition) is 1. The van der Waals surface area contributed by atoms with Gasteiger partial charge in [-0.3, -0.25) is 4.79 Å². The third-order valence-corrected chi connectivity index (χ3v) is 5.06. The zero-order valence-corrected chi connectivity index (χ0v) is 18.2. The second-order valence-corrected chi connectivity index (χ2v) is 7.81. The molecule has 0 aliphatic heterocycles. The predicted molar refractivity (Wildman–Crippen MR) is 123 cm³/mol. The number of nitrogens with one attached hydrogen (secondary N) is 1. The van der Waals surface area contributed by atoms with Crippen molar-refractivity contribution in [1.82, 2.24) is 10.2 Å². The second-order valence-electron chi connectivity index (χ2n) is 7.41. The minimum Gasteiger partial charge on any atom is -0.483 e. The lowest BCUT2D eigenvalue weighted by Gasteiger charge is -2.16. The molecule has 5 heteroatoms. The van der Waals surface area contributed by atoms with Crippen LogP contribution < -0.4 is 10.1 Å². The van der Waals surface area contributed by atoms with Gasteiger partial charge in [0.15, 0.2) is 6.61 Å². The topological polar surface area (TPSA) is 41.6 Å². The molecule has 4 nitrogen and oxygen atoms in total. The van der Waals surface area contributed by atoms with Gasteiger partial charge in [-0.05, 0) is 55.4 Å². The molecule has 0 saturated carbocycles. The summed E-state index contributed by atoms with van der Waals surface area (Å²) in [6.07, 6.45) is 0.684. The third kappa shape index (κ3) is 6.34. The van der Waals surface area contributed by atoms with Crippen molar-refractivity contribution in [1.29, 1.82) is 0 Å². The van der Waals surface area contributed by atoms with Gasteiger partial charge in [0.25, 0.3) is 5.91 Å². The number of hydrogen-bond acceptors (Lipinski definition) is 3. The summed E-state index contributed by atoms with van der Waals surface area (Å²) < 4.78 is 5.85. The molecule has 3 aromatic rings. The van der Waals surface area contributed by atoms with Crippen molar-refractivity contribution in [3.63, 3.8) is 0 Å². The van der Waals surface area contributed by atoms with Crippen LogP contribution in [0.1, 0.15) is 11.1 Å². The average Bonchev–Trinajstić information content (AvgIpc) is 2.74. The fraction of sp³-hybridized carbons (Fsp3) is 0.240. The minimum atomic E-state index is -0.148. The van der Waals surface area contributed by atoms with E-state index in [1.54, 1.807) is 0 Å². The summed E-state index contributed by atoms with van der Waals surface area (Å²) in [5, 5.41) is 3.61. The van der Waals surface area contributed by atoms with Gasteiger partial charge in [-0.2, -0.15) is 0 Å². The number of ether oxygens (including phenoxy) is 1. The molecule has 0 aliphatic rings. The molecule has 0 heterocycles. The Kier molecular flexibility index (Phi) is 7.89. The molecule has 0 fully saturated rings. The first-order valence-electron chi connectivity index (χ1n) is 9.99. The van der Waals surface area contributed by atoms with E-state index < -0.39 is 0 Å². The van der Waals surface area contributed by atoms with E-state index >= 15 is 0 Å². The third-order valence-electron chi connectivity index (χ3n) is 4.69. The van der Waals surface area contributed by atoms with Crippen molar-refractivity contribution in [3.05, 3.63) is 88.9 Å². The van der Waals surface area contributed by atoms with Crippen molar-refractivity contribution < 1.29 is 9.53 Å². The van der Waals surface area contributed by atoms with Crippen molar-refractivity contribution >= 4 is 17.5 Å². The molecule has 0 aliphatic carbocycles. The molecular weight excluding hydrogens is 396 g/mol. The van der Waals surface area contributed by atoms with Gasteiger partial charge < -0.3 is 15.0 Å². The van der Waals surface area contributed by atoms with E-state index in [0.717, 1.165) is 39.6 Å². The zero-order chi connectivity index (χ0) is 21.3. The highest BCUT2D eigenvalue weighted by Gasteiger charge is 2.10. The quantitative estimate of drug-likeness (QED) is 0.538. The Hall–Kier alpha value is -2.82. The molecule has 0 atom stereocenters. The summed E-state index contributed by atoms with van der Waals surface area (Å²) in [7, 11) is 4.03. The predicted octanol–water partition coefficient (Wildman–Crippen LogP) is 4.81. The molecule has 1 amide bonds. The van der Waals surface area contributed by atoms with Gasteiger partial charge in [0.2, 0.25) is 0 Å². The minimum absolute atomic E-state index is 0.0202. The SMILES string of the molecule is CN(C)Cc1cc(-c2ccccc2)ccc1OCC(=O)NCCc1ccccc1Cl. The molecule has 30 heavy (non-hydrogen) atoms. The van der Waals surface area contributed by atoms with Crippen molar-refractivity contribution in [2.75, 3.05) is 27.2 Å². The van der Waals surface area contributed by atoms with E-state index in [1.165, 1.54) is 0 Å². The first kappa shape index (κ1) is 21.9. The van der Waals surface area contributed by atoms with E-state index in [4.69, 9.17) is 16.3 Å². The van der Waals surface area contributed by atoms with Crippen LogP contribution in [0.3, 0.4) is 0 Å². The van der Waals surface area contributed by atoms with E-state index in [0.29, 0.717) is 13.0 Å². The summed E-state index contributed by atoms with van der Waals surface area (Å²) in [4.78, 5) is 14.3. The van der Waals surface area contributed by atoms with Gasteiger partial charge in [-0.1, -0.05) is 66.2 Å². The number of rotatable bonds is 9. The Morgan fingerprint density at radius 2 is 1.67 bits per heavy atom. The Morgan fingerprint density at radius 3 is 2.40 bits per heavy atom. The van der Waals surface area contributed by atoms with Crippen LogP contribution in [0.25, 0.3) is 11.1 Å². The molecular formula is C25H27ClN2O2. The number of nitrogens with zero attached hydrogens (tertiary/aromatic N) is 1. The molecule has 3 aromatic carbocycles. The summed E-state index contributed by atoms with van der Waals surface area (Å²) in [6.45, 7) is 1.22. The van der Waals surface area contributed by atoms with E-state index in [1.807, 2.05) is 68.7 Å². The molecule has 0 unspecified atom stereocenters. The van der Waals surface area contributed by atoms with Gasteiger partial charge in [0, 0.05) is 23.7 Å². The highest BCUT2D eigenvalue weighted by Crippen LogP contribution is 2.27. The van der Waals surface area contributed by atoms with Gasteiger partial charge in [-0.15, -0.1) is 0 Å². The largest absolute Gasteiger partial charge is 0.483 e. The summed E-state index contributed by atoms with van der Waals surface area (Å²) in [5.41, 5.74) is 4.35. The Balaban J connectivity index is 1.59. The fourth-order valence-electron chi connectivity index (χ4n) is 3.23. The highest BCUT2D eigenvalue weighted by atomic mass is 35.5. The lowest BCUT2D eigenvalue weighted by molar-refractivity contribution is -0.123. The maximum atomic E-state index is 12.2. The van der Waals surface area contributed by atoms with Crippen molar-refractivity contribution in [2.45, 2.75) is 13.0 Å².